The first-order chi connectivity index (χ1) is 12.6. The molecule has 0 saturated carbocycles. The zero-order chi connectivity index (χ0) is 18.5. The standard InChI is InChI=1S/C19H28N4O3/c1-4-5-15-12-16(22(3)21-15)19(24)20-13-17(18-7-6-14(2)26-18)23-8-10-25-11-9-23/h6-7,12,17H,4-5,8-11,13H2,1-3H3,(H,20,24)/t17-/m0/s1. The van der Waals surface area contributed by atoms with Crippen molar-refractivity contribution in [3.8, 4) is 0 Å². The lowest BCUT2D eigenvalue weighted by Crippen LogP contribution is -2.43. The van der Waals surface area contributed by atoms with E-state index in [1.165, 1.54) is 0 Å². The largest absolute Gasteiger partial charge is 0.465 e. The van der Waals surface area contributed by atoms with Crippen molar-refractivity contribution in [2.75, 3.05) is 32.8 Å². The molecule has 0 aromatic carbocycles. The molecule has 1 saturated heterocycles. The Morgan fingerprint density at radius 3 is 2.77 bits per heavy atom. The Morgan fingerprint density at radius 1 is 1.35 bits per heavy atom. The van der Waals surface area contributed by atoms with Crippen LogP contribution in [0.3, 0.4) is 0 Å². The van der Waals surface area contributed by atoms with Gasteiger partial charge < -0.3 is 14.5 Å². The number of hydrogen-bond donors (Lipinski definition) is 1. The number of ether oxygens (including phenoxy) is 1. The number of carbonyl (C=O) groups is 1. The van der Waals surface area contributed by atoms with Crippen LogP contribution in [0, 0.1) is 6.92 Å². The topological polar surface area (TPSA) is 72.5 Å². The quantitative estimate of drug-likeness (QED) is 0.818. The summed E-state index contributed by atoms with van der Waals surface area (Å²) >= 11 is 0. The van der Waals surface area contributed by atoms with Crippen molar-refractivity contribution in [3.63, 3.8) is 0 Å². The van der Waals surface area contributed by atoms with E-state index in [1.54, 1.807) is 4.68 Å². The van der Waals surface area contributed by atoms with Crippen molar-refractivity contribution in [2.45, 2.75) is 32.7 Å². The molecule has 0 bridgehead atoms. The lowest BCUT2D eigenvalue weighted by Gasteiger charge is -2.33. The molecule has 0 spiro atoms. The van der Waals surface area contributed by atoms with E-state index in [1.807, 2.05) is 32.2 Å². The Bertz CT molecular complexity index is 731. The Kier molecular flexibility index (Phi) is 6.11. The molecular weight excluding hydrogens is 332 g/mol. The molecule has 1 atom stereocenters. The number of amides is 1. The normalized spacial score (nSPS) is 16.6. The van der Waals surface area contributed by atoms with Gasteiger partial charge in [0, 0.05) is 26.7 Å². The molecular formula is C19H28N4O3. The van der Waals surface area contributed by atoms with Gasteiger partial charge in [-0.05, 0) is 31.5 Å². The van der Waals surface area contributed by atoms with E-state index < -0.39 is 0 Å². The fourth-order valence-corrected chi connectivity index (χ4v) is 3.33. The maximum atomic E-state index is 12.7. The van der Waals surface area contributed by atoms with Crippen LogP contribution in [0.1, 0.15) is 47.1 Å². The van der Waals surface area contributed by atoms with Crippen LogP contribution in [0.15, 0.2) is 22.6 Å². The minimum absolute atomic E-state index is 0.000102. The second kappa shape index (κ2) is 8.51. The highest BCUT2D eigenvalue weighted by Gasteiger charge is 2.26. The van der Waals surface area contributed by atoms with Crippen LogP contribution in [-0.2, 0) is 18.2 Å². The maximum Gasteiger partial charge on any atom is 0.269 e. The third-order valence-corrected chi connectivity index (χ3v) is 4.70. The molecule has 7 heteroatoms. The SMILES string of the molecule is CCCc1cc(C(=O)NC[C@@H](c2ccc(C)o2)N2CCOCC2)n(C)n1. The highest BCUT2D eigenvalue weighted by Crippen LogP contribution is 2.23. The zero-order valence-corrected chi connectivity index (χ0v) is 15.8. The highest BCUT2D eigenvalue weighted by molar-refractivity contribution is 5.92. The number of aryl methyl sites for hydroxylation is 3. The number of hydrogen-bond acceptors (Lipinski definition) is 5. The summed E-state index contributed by atoms with van der Waals surface area (Å²) in [6, 6.07) is 5.83. The second-order valence-corrected chi connectivity index (χ2v) is 6.72. The van der Waals surface area contributed by atoms with Gasteiger partial charge in [-0.1, -0.05) is 13.3 Å². The summed E-state index contributed by atoms with van der Waals surface area (Å²) in [5, 5.41) is 7.47. The molecule has 7 nitrogen and oxygen atoms in total. The van der Waals surface area contributed by atoms with Crippen molar-refractivity contribution in [1.29, 1.82) is 0 Å². The van der Waals surface area contributed by atoms with Crippen LogP contribution >= 0.6 is 0 Å². The van der Waals surface area contributed by atoms with Crippen molar-refractivity contribution in [3.05, 3.63) is 41.1 Å². The molecule has 26 heavy (non-hydrogen) atoms. The summed E-state index contributed by atoms with van der Waals surface area (Å²) in [7, 11) is 1.81. The minimum Gasteiger partial charge on any atom is -0.465 e. The van der Waals surface area contributed by atoms with E-state index in [0.29, 0.717) is 25.5 Å². The predicted octanol–water partition coefficient (Wildman–Crippen LogP) is 2.08. The number of nitrogens with one attached hydrogen (secondary N) is 1. The fourth-order valence-electron chi connectivity index (χ4n) is 3.33. The third-order valence-electron chi connectivity index (χ3n) is 4.70. The summed E-state index contributed by atoms with van der Waals surface area (Å²) in [5.74, 6) is 1.64. The van der Waals surface area contributed by atoms with E-state index in [4.69, 9.17) is 9.15 Å². The van der Waals surface area contributed by atoms with Crippen LogP contribution in [0.4, 0.5) is 0 Å². The van der Waals surface area contributed by atoms with E-state index in [9.17, 15) is 4.79 Å². The Hall–Kier alpha value is -2.12. The molecule has 2 aromatic rings. The molecule has 1 aliphatic rings. The van der Waals surface area contributed by atoms with Crippen LogP contribution in [-0.4, -0.2) is 53.4 Å². The summed E-state index contributed by atoms with van der Waals surface area (Å²) < 4.78 is 13.0. The van der Waals surface area contributed by atoms with Crippen molar-refractivity contribution in [1.82, 2.24) is 20.0 Å². The number of carbonyl (C=O) groups excluding carboxylic acids is 1. The molecule has 1 fully saturated rings. The number of nitrogens with zero attached hydrogens (tertiary/aromatic N) is 3. The Labute approximate surface area is 154 Å². The smallest absolute Gasteiger partial charge is 0.269 e. The van der Waals surface area contributed by atoms with Crippen LogP contribution in [0.2, 0.25) is 0 Å². The number of aromatic nitrogens is 2. The monoisotopic (exact) mass is 360 g/mol. The summed E-state index contributed by atoms with van der Waals surface area (Å²) in [4.78, 5) is 15.0. The van der Waals surface area contributed by atoms with E-state index in [2.05, 4.69) is 22.2 Å². The highest BCUT2D eigenvalue weighted by atomic mass is 16.5. The first-order valence-electron chi connectivity index (χ1n) is 9.27. The molecule has 0 radical (unpaired) electrons. The molecule has 3 heterocycles. The Balaban J connectivity index is 1.69. The average molecular weight is 360 g/mol. The molecule has 1 amide bonds. The van der Waals surface area contributed by atoms with Gasteiger partial charge in [0.25, 0.3) is 5.91 Å². The number of rotatable bonds is 7. The first-order valence-corrected chi connectivity index (χ1v) is 9.27. The van der Waals surface area contributed by atoms with Gasteiger partial charge in [0.2, 0.25) is 0 Å². The number of morpholine rings is 1. The lowest BCUT2D eigenvalue weighted by molar-refractivity contribution is 0.0116. The molecule has 3 rings (SSSR count). The second-order valence-electron chi connectivity index (χ2n) is 6.72. The van der Waals surface area contributed by atoms with Gasteiger partial charge in [0.1, 0.15) is 17.2 Å². The van der Waals surface area contributed by atoms with Gasteiger partial charge in [0.05, 0.1) is 24.9 Å². The van der Waals surface area contributed by atoms with Gasteiger partial charge in [-0.3, -0.25) is 14.4 Å². The predicted molar refractivity (Wildman–Crippen MR) is 98.1 cm³/mol. The summed E-state index contributed by atoms with van der Waals surface area (Å²) in [5.41, 5.74) is 1.54. The van der Waals surface area contributed by atoms with Crippen LogP contribution < -0.4 is 5.32 Å². The Morgan fingerprint density at radius 2 is 2.12 bits per heavy atom. The maximum absolute atomic E-state index is 12.7. The molecule has 142 valence electrons. The molecule has 0 aliphatic carbocycles. The van der Waals surface area contributed by atoms with Gasteiger partial charge in [-0.25, -0.2) is 0 Å². The fraction of sp³-hybridized carbons (Fsp3) is 0.579. The lowest BCUT2D eigenvalue weighted by atomic mass is 10.1. The average Bonchev–Trinajstić information content (AvgIpc) is 3.22. The molecule has 1 aliphatic heterocycles. The first kappa shape index (κ1) is 18.7. The van der Waals surface area contributed by atoms with Crippen molar-refractivity contribution in [2.24, 2.45) is 7.05 Å². The van der Waals surface area contributed by atoms with E-state index >= 15 is 0 Å². The van der Waals surface area contributed by atoms with E-state index in [0.717, 1.165) is 43.1 Å². The number of furan rings is 1. The van der Waals surface area contributed by atoms with Gasteiger partial charge >= 0.3 is 0 Å². The minimum atomic E-state index is -0.108. The molecule has 1 N–H and O–H groups in total. The molecule has 0 unspecified atom stereocenters. The summed E-state index contributed by atoms with van der Waals surface area (Å²) in [6.07, 6.45) is 1.89. The van der Waals surface area contributed by atoms with Gasteiger partial charge in [0.15, 0.2) is 0 Å². The van der Waals surface area contributed by atoms with E-state index in [-0.39, 0.29) is 11.9 Å². The third kappa shape index (κ3) is 4.34. The molecule has 2 aromatic heterocycles. The van der Waals surface area contributed by atoms with Crippen LogP contribution in [0.25, 0.3) is 0 Å². The van der Waals surface area contributed by atoms with Gasteiger partial charge in [-0.15, -0.1) is 0 Å². The van der Waals surface area contributed by atoms with Crippen LogP contribution in [0.5, 0.6) is 0 Å². The van der Waals surface area contributed by atoms with Crippen molar-refractivity contribution < 1.29 is 13.9 Å². The van der Waals surface area contributed by atoms with Gasteiger partial charge in [-0.2, -0.15) is 5.10 Å². The van der Waals surface area contributed by atoms with Crippen molar-refractivity contribution >= 4 is 5.91 Å². The summed E-state index contributed by atoms with van der Waals surface area (Å²) in [6.45, 7) is 7.58. The zero-order valence-electron chi connectivity index (χ0n) is 15.8.